The van der Waals surface area contributed by atoms with Crippen molar-refractivity contribution in [1.82, 2.24) is 0 Å². The average molecular weight is 513 g/mol. The summed E-state index contributed by atoms with van der Waals surface area (Å²) in [6, 6.07) is 33.6. The van der Waals surface area contributed by atoms with E-state index in [1.54, 1.807) is 31.2 Å². The Labute approximate surface area is 223 Å². The number of ketones is 2. The van der Waals surface area contributed by atoms with E-state index in [4.69, 9.17) is 10.5 Å². The lowest BCUT2D eigenvalue weighted by atomic mass is 10.1. The van der Waals surface area contributed by atoms with Crippen LogP contribution in [-0.2, 0) is 23.0 Å². The van der Waals surface area contributed by atoms with Crippen molar-refractivity contribution in [2.45, 2.75) is 27.1 Å². The molecule has 0 fully saturated rings. The fourth-order valence-corrected chi connectivity index (χ4v) is 3.10. The second-order valence-corrected chi connectivity index (χ2v) is 8.26. The fraction of sp³-hybridized carbons (Fsp3) is 0.125. The van der Waals surface area contributed by atoms with Crippen molar-refractivity contribution < 1.29 is 29.9 Å². The molecule has 0 atom stereocenters. The first-order valence-electron chi connectivity index (χ1n) is 11.9. The topological polar surface area (TPSA) is 93.1 Å². The number of hydrogen-bond donors (Lipinski definition) is 2. The Bertz CT molecular complexity index is 1250. The molecule has 4 aromatic rings. The minimum atomic E-state index is -0.0247. The highest BCUT2D eigenvalue weighted by Gasteiger charge is 1.99. The summed E-state index contributed by atoms with van der Waals surface area (Å²) < 4.78 is 0. The van der Waals surface area contributed by atoms with Crippen molar-refractivity contribution >= 4 is 17.6 Å². The van der Waals surface area contributed by atoms with Crippen molar-refractivity contribution in [3.63, 3.8) is 0 Å². The second-order valence-electron chi connectivity index (χ2n) is 8.26. The highest BCUT2D eigenvalue weighted by molar-refractivity contribution is 6.06. The maximum absolute atomic E-state index is 11.8. The van der Waals surface area contributed by atoms with Gasteiger partial charge >= 0.3 is 0 Å². The van der Waals surface area contributed by atoms with Gasteiger partial charge in [-0.25, -0.2) is 9.78 Å². The molecule has 0 radical (unpaired) electrons. The van der Waals surface area contributed by atoms with E-state index in [1.807, 2.05) is 104 Å². The number of aryl methyl sites for hydroxylation is 1. The number of Topliss-reactive ketones (excluding diaryl/α,β-unsaturated/α-hetero) is 1. The molecule has 2 N–H and O–H groups in total. The summed E-state index contributed by atoms with van der Waals surface area (Å²) >= 11 is 0. The van der Waals surface area contributed by atoms with E-state index in [0.29, 0.717) is 5.56 Å². The van der Waals surface area contributed by atoms with Crippen molar-refractivity contribution in [3.8, 4) is 0 Å². The maximum atomic E-state index is 11.8. The van der Waals surface area contributed by atoms with Crippen LogP contribution in [0.1, 0.15) is 49.9 Å². The van der Waals surface area contributed by atoms with E-state index >= 15 is 0 Å². The number of rotatable bonds is 8. The van der Waals surface area contributed by atoms with E-state index in [0.717, 1.165) is 22.3 Å². The summed E-state index contributed by atoms with van der Waals surface area (Å²) in [6.45, 7) is 4.01. The molecule has 0 heterocycles. The molecule has 0 saturated carbocycles. The highest BCUT2D eigenvalue weighted by Crippen LogP contribution is 2.09. The first-order valence-corrected chi connectivity index (χ1v) is 11.9. The Morgan fingerprint density at radius 3 is 1.53 bits per heavy atom. The third-order valence-electron chi connectivity index (χ3n) is 5.23. The van der Waals surface area contributed by atoms with E-state index in [9.17, 15) is 9.59 Å². The summed E-state index contributed by atoms with van der Waals surface area (Å²) in [5.41, 5.74) is 5.43. The molecule has 0 unspecified atom stereocenters. The molecule has 6 nitrogen and oxygen atoms in total. The molecule has 196 valence electrons. The Morgan fingerprint density at radius 2 is 1.11 bits per heavy atom. The molecule has 0 amide bonds. The van der Waals surface area contributed by atoms with Gasteiger partial charge in [0.05, 0.1) is 0 Å². The van der Waals surface area contributed by atoms with Gasteiger partial charge in [-0.05, 0) is 36.6 Å². The smallest absolute Gasteiger partial charge is 0.185 e. The summed E-state index contributed by atoms with van der Waals surface area (Å²) in [7, 11) is 0. The van der Waals surface area contributed by atoms with Crippen molar-refractivity contribution in [2.24, 2.45) is 0 Å². The largest absolute Gasteiger partial charge is 0.295 e. The quantitative estimate of drug-likeness (QED) is 0.110. The van der Waals surface area contributed by atoms with E-state index in [2.05, 4.69) is 9.78 Å². The molecule has 0 aliphatic heterocycles. The van der Waals surface area contributed by atoms with Crippen LogP contribution in [0.15, 0.2) is 115 Å². The number of carbonyl (C=O) groups excluding carboxylic acids is 2. The highest BCUT2D eigenvalue weighted by atomic mass is 17.1. The molecule has 0 aliphatic carbocycles. The second kappa shape index (κ2) is 17.3. The fourth-order valence-electron chi connectivity index (χ4n) is 3.10. The van der Waals surface area contributed by atoms with Crippen LogP contribution in [0.25, 0.3) is 6.08 Å². The molecule has 0 aliphatic rings. The van der Waals surface area contributed by atoms with Crippen LogP contribution in [-0.4, -0.2) is 22.1 Å². The third-order valence-corrected chi connectivity index (χ3v) is 5.23. The van der Waals surface area contributed by atoms with Gasteiger partial charge in [0.15, 0.2) is 11.6 Å². The van der Waals surface area contributed by atoms with Gasteiger partial charge in [-0.15, -0.1) is 0 Å². The first kappa shape index (κ1) is 30.0. The lowest BCUT2D eigenvalue weighted by molar-refractivity contribution is -0.253. The molecule has 4 rings (SSSR count). The molecule has 38 heavy (non-hydrogen) atoms. The van der Waals surface area contributed by atoms with Crippen molar-refractivity contribution in [3.05, 3.63) is 149 Å². The molecule has 6 heteroatoms. The van der Waals surface area contributed by atoms with Crippen LogP contribution in [0, 0.1) is 6.92 Å². The van der Waals surface area contributed by atoms with Gasteiger partial charge in [-0.2, -0.15) is 0 Å². The van der Waals surface area contributed by atoms with E-state index in [1.165, 1.54) is 5.56 Å². The predicted octanol–water partition coefficient (Wildman–Crippen LogP) is 7.45. The van der Waals surface area contributed by atoms with E-state index < -0.39 is 0 Å². The molecular weight excluding hydrogens is 480 g/mol. The SMILES string of the molecule is CC(=O)c1ccccc1.Cc1ccc(COO)cc1.O=C(/C=C/c1ccc(COO)cc1)c1ccccc1. The summed E-state index contributed by atoms with van der Waals surface area (Å²) in [5.74, 6) is 0.0963. The van der Waals surface area contributed by atoms with Crippen molar-refractivity contribution in [1.29, 1.82) is 0 Å². The first-order chi connectivity index (χ1) is 18.4. The molecule has 0 aromatic heterocycles. The van der Waals surface area contributed by atoms with Gasteiger partial charge in [-0.1, -0.05) is 121 Å². The zero-order chi connectivity index (χ0) is 27.6. The lowest BCUT2D eigenvalue weighted by Crippen LogP contribution is -1.92. The Morgan fingerprint density at radius 1 is 0.658 bits per heavy atom. The third kappa shape index (κ3) is 11.7. The van der Waals surface area contributed by atoms with Gasteiger partial charge in [-0.3, -0.25) is 20.1 Å². The van der Waals surface area contributed by atoms with Crippen LogP contribution in [0.2, 0.25) is 0 Å². The summed E-state index contributed by atoms with van der Waals surface area (Å²) in [5, 5.41) is 16.4. The molecule has 4 aromatic carbocycles. The van der Waals surface area contributed by atoms with Crippen LogP contribution >= 0.6 is 0 Å². The number of hydrogen-bond acceptors (Lipinski definition) is 6. The monoisotopic (exact) mass is 512 g/mol. The van der Waals surface area contributed by atoms with Crippen molar-refractivity contribution in [2.75, 3.05) is 0 Å². The lowest BCUT2D eigenvalue weighted by Gasteiger charge is -1.99. The van der Waals surface area contributed by atoms with Crippen LogP contribution in [0.4, 0.5) is 0 Å². The summed E-state index contributed by atoms with van der Waals surface area (Å²) in [4.78, 5) is 30.5. The maximum Gasteiger partial charge on any atom is 0.185 e. The number of allylic oxidation sites excluding steroid dienone is 1. The molecule has 0 saturated heterocycles. The standard InChI is InChI=1S/C16H14O3.C8H10O2.C8H8O/c17-16(15-4-2-1-3-5-15)11-10-13-6-8-14(9-7-13)12-19-18;1-7-2-4-8(5-3-7)6-10-9;1-7(9)8-5-3-2-4-6-8/h1-11,18H,12H2;2-5,9H,6H2,1H3;2-6H,1H3/b11-10+;;. The number of carbonyl (C=O) groups is 2. The normalized spacial score (nSPS) is 10.1. The Kier molecular flexibility index (Phi) is 13.7. The van der Waals surface area contributed by atoms with Gasteiger partial charge in [0.2, 0.25) is 0 Å². The zero-order valence-electron chi connectivity index (χ0n) is 21.5. The molecular formula is C32H32O6. The van der Waals surface area contributed by atoms with Gasteiger partial charge in [0.25, 0.3) is 0 Å². The Balaban J connectivity index is 0.000000224. The van der Waals surface area contributed by atoms with Gasteiger partial charge in [0, 0.05) is 11.1 Å². The van der Waals surface area contributed by atoms with Crippen LogP contribution in [0.5, 0.6) is 0 Å². The van der Waals surface area contributed by atoms with Gasteiger partial charge < -0.3 is 0 Å². The van der Waals surface area contributed by atoms with E-state index in [-0.39, 0.29) is 24.8 Å². The van der Waals surface area contributed by atoms with Crippen LogP contribution in [0.3, 0.4) is 0 Å². The molecule has 0 bridgehead atoms. The minimum Gasteiger partial charge on any atom is -0.295 e. The minimum absolute atomic E-state index is 0.0247. The average Bonchev–Trinajstić information content (AvgIpc) is 2.96. The predicted molar refractivity (Wildman–Crippen MR) is 149 cm³/mol. The molecule has 0 spiro atoms. The number of benzene rings is 4. The summed E-state index contributed by atoms with van der Waals surface area (Å²) in [6.07, 6.45) is 3.31. The Hall–Kier alpha value is -4.20. The zero-order valence-corrected chi connectivity index (χ0v) is 21.5. The van der Waals surface area contributed by atoms with Gasteiger partial charge in [0.1, 0.15) is 13.2 Å². The van der Waals surface area contributed by atoms with Crippen LogP contribution < -0.4 is 0 Å².